The number of aliphatic carboxylic acids is 1. The van der Waals surface area contributed by atoms with E-state index in [9.17, 15) is 9.59 Å². The number of rotatable bonds is 7. The van der Waals surface area contributed by atoms with Gasteiger partial charge >= 0.3 is 5.97 Å². The lowest BCUT2D eigenvalue weighted by molar-refractivity contribution is -0.142. The van der Waals surface area contributed by atoms with Crippen LogP contribution in [0.5, 0.6) is 0 Å². The highest BCUT2D eigenvalue weighted by Crippen LogP contribution is 2.02. The lowest BCUT2D eigenvalue weighted by Crippen LogP contribution is -2.43. The minimum atomic E-state index is -1.14. The van der Waals surface area contributed by atoms with Crippen LogP contribution >= 0.6 is 0 Å². The molecule has 0 fully saturated rings. The Balaban J connectivity index is 4.15. The van der Waals surface area contributed by atoms with Gasteiger partial charge in [0.2, 0.25) is 5.91 Å². The number of carbonyl (C=O) groups is 2. The molecule has 88 valence electrons. The van der Waals surface area contributed by atoms with Crippen LogP contribution in [0.1, 0.15) is 19.8 Å². The maximum Gasteiger partial charge on any atom is 0.326 e. The van der Waals surface area contributed by atoms with Crippen molar-refractivity contribution in [2.75, 3.05) is 13.2 Å². The number of nitrogens with one attached hydrogen (secondary N) is 1. The van der Waals surface area contributed by atoms with Gasteiger partial charge in [-0.15, -0.1) is 0 Å². The molecular weight excluding hydrogens is 200 g/mol. The number of hydrogen-bond donors (Lipinski definition) is 4. The number of aliphatic hydroxyl groups is 1. The first-order valence-electron chi connectivity index (χ1n) is 4.87. The fourth-order valence-electron chi connectivity index (χ4n) is 1.08. The summed E-state index contributed by atoms with van der Waals surface area (Å²) in [7, 11) is 0. The molecule has 0 heterocycles. The molecule has 0 saturated heterocycles. The molecule has 0 aromatic heterocycles. The van der Waals surface area contributed by atoms with Crippen LogP contribution < -0.4 is 11.1 Å². The zero-order valence-electron chi connectivity index (χ0n) is 8.77. The Hall–Kier alpha value is -1.14. The molecule has 0 bridgehead atoms. The van der Waals surface area contributed by atoms with E-state index >= 15 is 0 Å². The Morgan fingerprint density at radius 1 is 1.40 bits per heavy atom. The SMILES string of the molecule is CC(CCN)C(=O)N[C@H](CCO)C(=O)O. The second-order valence-electron chi connectivity index (χ2n) is 3.39. The monoisotopic (exact) mass is 218 g/mol. The Labute approximate surface area is 88.5 Å². The fourth-order valence-corrected chi connectivity index (χ4v) is 1.08. The average molecular weight is 218 g/mol. The van der Waals surface area contributed by atoms with Crippen LogP contribution in [0.25, 0.3) is 0 Å². The van der Waals surface area contributed by atoms with Gasteiger partial charge < -0.3 is 21.3 Å². The summed E-state index contributed by atoms with van der Waals surface area (Å²) in [6.45, 7) is 1.79. The number of amides is 1. The first-order valence-corrected chi connectivity index (χ1v) is 4.87. The predicted molar refractivity (Wildman–Crippen MR) is 54.1 cm³/mol. The first kappa shape index (κ1) is 13.9. The first-order chi connectivity index (χ1) is 7.02. The van der Waals surface area contributed by atoms with E-state index < -0.39 is 12.0 Å². The van der Waals surface area contributed by atoms with E-state index in [2.05, 4.69) is 5.32 Å². The normalized spacial score (nSPS) is 14.3. The molecule has 0 aliphatic rings. The maximum absolute atomic E-state index is 11.4. The quantitative estimate of drug-likeness (QED) is 0.434. The van der Waals surface area contributed by atoms with Gasteiger partial charge in [0, 0.05) is 18.9 Å². The van der Waals surface area contributed by atoms with Gasteiger partial charge in [-0.05, 0) is 13.0 Å². The van der Waals surface area contributed by atoms with Gasteiger partial charge in [0.15, 0.2) is 0 Å². The molecule has 0 aromatic carbocycles. The highest BCUT2D eigenvalue weighted by atomic mass is 16.4. The van der Waals surface area contributed by atoms with Gasteiger partial charge in [0.1, 0.15) is 6.04 Å². The average Bonchev–Trinajstić information content (AvgIpc) is 2.17. The summed E-state index contributed by atoms with van der Waals surface area (Å²) in [5, 5.41) is 19.7. The second kappa shape index (κ2) is 7.19. The van der Waals surface area contributed by atoms with Crippen LogP contribution in [-0.4, -0.2) is 41.3 Å². The largest absolute Gasteiger partial charge is 0.480 e. The molecule has 0 radical (unpaired) electrons. The van der Waals surface area contributed by atoms with Gasteiger partial charge in [-0.2, -0.15) is 0 Å². The van der Waals surface area contributed by atoms with Crippen molar-refractivity contribution in [3.8, 4) is 0 Å². The molecule has 5 N–H and O–H groups in total. The Bertz CT molecular complexity index is 220. The van der Waals surface area contributed by atoms with Crippen molar-refractivity contribution in [1.29, 1.82) is 0 Å². The molecule has 6 heteroatoms. The molecule has 0 rings (SSSR count). The van der Waals surface area contributed by atoms with Gasteiger partial charge in [0.05, 0.1) is 0 Å². The summed E-state index contributed by atoms with van der Waals surface area (Å²) in [5.41, 5.74) is 5.28. The maximum atomic E-state index is 11.4. The van der Waals surface area contributed by atoms with Crippen molar-refractivity contribution in [2.45, 2.75) is 25.8 Å². The predicted octanol–water partition coefficient (Wildman–Crippen LogP) is -1.08. The van der Waals surface area contributed by atoms with Crippen molar-refractivity contribution < 1.29 is 19.8 Å². The number of hydrogen-bond acceptors (Lipinski definition) is 4. The third-order valence-electron chi connectivity index (χ3n) is 2.08. The molecular formula is C9H18N2O4. The van der Waals surface area contributed by atoms with E-state index in [0.29, 0.717) is 13.0 Å². The Kier molecular flexibility index (Phi) is 6.64. The molecule has 1 unspecified atom stereocenters. The molecule has 0 aromatic rings. The van der Waals surface area contributed by atoms with Crippen molar-refractivity contribution in [3.63, 3.8) is 0 Å². The molecule has 1 amide bonds. The third-order valence-corrected chi connectivity index (χ3v) is 2.08. The van der Waals surface area contributed by atoms with Gasteiger partial charge in [-0.25, -0.2) is 4.79 Å². The lowest BCUT2D eigenvalue weighted by atomic mass is 10.1. The van der Waals surface area contributed by atoms with E-state index in [-0.39, 0.29) is 24.9 Å². The summed E-state index contributed by atoms with van der Waals surface area (Å²) >= 11 is 0. The van der Waals surface area contributed by atoms with Gasteiger partial charge in [-0.3, -0.25) is 4.79 Å². The topological polar surface area (TPSA) is 113 Å². The van der Waals surface area contributed by atoms with Crippen LogP contribution in [0.3, 0.4) is 0 Å². The summed E-state index contributed by atoms with van der Waals surface area (Å²) in [4.78, 5) is 22.1. The minimum Gasteiger partial charge on any atom is -0.480 e. The third kappa shape index (κ3) is 5.34. The Morgan fingerprint density at radius 2 is 2.00 bits per heavy atom. The van der Waals surface area contributed by atoms with E-state index in [0.717, 1.165) is 0 Å². The van der Waals surface area contributed by atoms with Gasteiger partial charge in [-0.1, -0.05) is 6.92 Å². The molecule has 0 aliphatic heterocycles. The van der Waals surface area contributed by atoms with E-state index in [4.69, 9.17) is 15.9 Å². The molecule has 0 aliphatic carbocycles. The number of nitrogens with two attached hydrogens (primary N) is 1. The number of carboxylic acid groups (broad SMARTS) is 1. The number of carboxylic acids is 1. The van der Waals surface area contributed by atoms with Crippen LogP contribution in [0, 0.1) is 5.92 Å². The van der Waals surface area contributed by atoms with E-state index in [1.165, 1.54) is 0 Å². The number of carbonyl (C=O) groups excluding carboxylic acids is 1. The van der Waals surface area contributed by atoms with Crippen LogP contribution in [0.4, 0.5) is 0 Å². The van der Waals surface area contributed by atoms with Crippen LogP contribution in [-0.2, 0) is 9.59 Å². The summed E-state index contributed by atoms with van der Waals surface area (Å²) in [5.74, 6) is -1.80. The van der Waals surface area contributed by atoms with Crippen molar-refractivity contribution in [1.82, 2.24) is 5.32 Å². The van der Waals surface area contributed by atoms with E-state index in [1.807, 2.05) is 0 Å². The van der Waals surface area contributed by atoms with Crippen LogP contribution in [0.15, 0.2) is 0 Å². The molecule has 6 nitrogen and oxygen atoms in total. The highest BCUT2D eigenvalue weighted by Gasteiger charge is 2.21. The zero-order chi connectivity index (χ0) is 11.8. The summed E-state index contributed by atoms with van der Waals surface area (Å²) in [6.07, 6.45) is 0.522. The summed E-state index contributed by atoms with van der Waals surface area (Å²) in [6, 6.07) is -1.03. The lowest BCUT2D eigenvalue weighted by Gasteiger charge is -2.16. The summed E-state index contributed by atoms with van der Waals surface area (Å²) < 4.78 is 0. The minimum absolute atomic E-state index is 0.0103. The number of aliphatic hydroxyl groups excluding tert-OH is 1. The molecule has 0 spiro atoms. The van der Waals surface area contributed by atoms with Crippen molar-refractivity contribution >= 4 is 11.9 Å². The highest BCUT2D eigenvalue weighted by molar-refractivity contribution is 5.84. The standard InChI is InChI=1S/C9H18N2O4/c1-6(2-4-10)8(13)11-7(3-5-12)9(14)15/h6-7,12H,2-5,10H2,1H3,(H,11,13)(H,14,15)/t6?,7-/m1/s1. The smallest absolute Gasteiger partial charge is 0.326 e. The van der Waals surface area contributed by atoms with Crippen LogP contribution in [0.2, 0.25) is 0 Å². The molecule has 15 heavy (non-hydrogen) atoms. The zero-order valence-corrected chi connectivity index (χ0v) is 8.77. The van der Waals surface area contributed by atoms with E-state index in [1.54, 1.807) is 6.92 Å². The molecule has 2 atom stereocenters. The van der Waals surface area contributed by atoms with Crippen molar-refractivity contribution in [3.05, 3.63) is 0 Å². The van der Waals surface area contributed by atoms with Gasteiger partial charge in [0.25, 0.3) is 0 Å². The fraction of sp³-hybridized carbons (Fsp3) is 0.778. The van der Waals surface area contributed by atoms with Crippen molar-refractivity contribution in [2.24, 2.45) is 11.7 Å². The molecule has 0 saturated carbocycles. The second-order valence-corrected chi connectivity index (χ2v) is 3.39. The Morgan fingerprint density at radius 3 is 2.40 bits per heavy atom.